The highest BCUT2D eigenvalue weighted by atomic mass is 16.4. The van der Waals surface area contributed by atoms with E-state index >= 15 is 0 Å². The van der Waals surface area contributed by atoms with E-state index in [-0.39, 0.29) is 11.9 Å². The second kappa shape index (κ2) is 8.55. The largest absolute Gasteiger partial charge is 0.456 e. The van der Waals surface area contributed by atoms with Crippen LogP contribution in [0.2, 0.25) is 0 Å². The first kappa shape index (κ1) is 19.4. The molecule has 0 saturated carbocycles. The molecule has 3 heterocycles. The van der Waals surface area contributed by atoms with Crippen LogP contribution in [0.4, 0.5) is 0 Å². The van der Waals surface area contributed by atoms with Gasteiger partial charge >= 0.3 is 0 Å². The molecular weight excluding hydrogens is 328 g/mol. The highest BCUT2D eigenvalue weighted by Crippen LogP contribution is 2.23. The number of furan rings is 1. The fourth-order valence-corrected chi connectivity index (χ4v) is 4.26. The van der Waals surface area contributed by atoms with Gasteiger partial charge in [0.1, 0.15) is 5.76 Å². The van der Waals surface area contributed by atoms with Crippen molar-refractivity contribution in [1.82, 2.24) is 20.0 Å². The third-order valence-electron chi connectivity index (χ3n) is 5.88. The number of amides is 1. The molecule has 0 bridgehead atoms. The number of nitrogens with one attached hydrogen (secondary N) is 1. The molecule has 3 rings (SSSR count). The molecule has 2 aliphatic heterocycles. The van der Waals surface area contributed by atoms with Gasteiger partial charge in [0.15, 0.2) is 5.76 Å². The fourth-order valence-electron chi connectivity index (χ4n) is 4.26. The Hall–Kier alpha value is -1.37. The number of carbonyl (C=O) groups excluding carboxylic acids is 1. The molecule has 2 saturated heterocycles. The van der Waals surface area contributed by atoms with Crippen molar-refractivity contribution in [2.24, 2.45) is 0 Å². The molecule has 1 aromatic heterocycles. The van der Waals surface area contributed by atoms with Gasteiger partial charge in [0.05, 0.1) is 0 Å². The normalized spacial score (nSPS) is 24.2. The van der Waals surface area contributed by atoms with Gasteiger partial charge < -0.3 is 14.6 Å². The fraction of sp³-hybridized carbons (Fsp3) is 0.750. The Morgan fingerprint density at radius 3 is 2.73 bits per heavy atom. The lowest BCUT2D eigenvalue weighted by Gasteiger charge is -2.34. The van der Waals surface area contributed by atoms with Crippen LogP contribution in [0.25, 0.3) is 0 Å². The summed E-state index contributed by atoms with van der Waals surface area (Å²) in [4.78, 5) is 20.0. The van der Waals surface area contributed by atoms with Crippen LogP contribution in [0.15, 0.2) is 10.5 Å². The number of hydrogen-bond donors (Lipinski definition) is 1. The summed E-state index contributed by atoms with van der Waals surface area (Å²) in [6.45, 7) is 13.5. The Kier molecular flexibility index (Phi) is 6.37. The molecule has 0 aliphatic carbocycles. The number of hydrogen-bond acceptors (Lipinski definition) is 5. The van der Waals surface area contributed by atoms with Crippen molar-refractivity contribution in [2.45, 2.75) is 52.2 Å². The van der Waals surface area contributed by atoms with Crippen LogP contribution >= 0.6 is 0 Å². The number of carbonyl (C=O) groups is 1. The minimum absolute atomic E-state index is 0.0660. The van der Waals surface area contributed by atoms with Crippen LogP contribution in [-0.2, 0) is 13.0 Å². The van der Waals surface area contributed by atoms with Crippen molar-refractivity contribution >= 4 is 5.91 Å². The molecule has 0 aromatic carbocycles. The minimum atomic E-state index is -0.0660. The van der Waals surface area contributed by atoms with Crippen LogP contribution in [0.1, 0.15) is 49.1 Å². The van der Waals surface area contributed by atoms with Crippen molar-refractivity contribution in [1.29, 1.82) is 0 Å². The minimum Gasteiger partial charge on any atom is -0.456 e. The number of likely N-dealkylation sites (N-methyl/N-ethyl adjacent to an activating group) is 1. The zero-order valence-electron chi connectivity index (χ0n) is 16.8. The van der Waals surface area contributed by atoms with Crippen molar-refractivity contribution in [3.05, 3.63) is 23.2 Å². The second-order valence-electron chi connectivity index (χ2n) is 7.69. The standard InChI is InChI=1S/C20H34N4O2/c1-5-18-15(12-23(6-2)7-3)10-19(26-18)20(25)21-16-11-17-14-22(4)8-9-24(17)13-16/h10,16-17H,5-9,11-14H2,1-4H3,(H,21,25)/t16-,17-/m0/s1. The molecule has 0 unspecified atom stereocenters. The SMILES string of the molecule is CCc1oc(C(=O)N[C@H]2C[C@H]3CN(C)CCN3C2)cc1CN(CC)CC. The molecular formula is C20H34N4O2. The van der Waals surface area contributed by atoms with E-state index in [2.05, 4.69) is 47.8 Å². The maximum Gasteiger partial charge on any atom is 0.287 e. The molecule has 1 N–H and O–H groups in total. The molecule has 2 fully saturated rings. The summed E-state index contributed by atoms with van der Waals surface area (Å²) in [6, 6.07) is 2.74. The van der Waals surface area contributed by atoms with Crippen LogP contribution in [0, 0.1) is 0 Å². The summed E-state index contributed by atoms with van der Waals surface area (Å²) in [5, 5.41) is 3.21. The molecule has 146 valence electrons. The Labute approximate surface area is 157 Å². The molecule has 0 spiro atoms. The third kappa shape index (κ3) is 4.30. The Morgan fingerprint density at radius 1 is 1.27 bits per heavy atom. The lowest BCUT2D eigenvalue weighted by molar-refractivity contribution is 0.0907. The maximum absolute atomic E-state index is 12.7. The lowest BCUT2D eigenvalue weighted by atomic mass is 10.1. The molecule has 1 aromatic rings. The number of piperazine rings is 1. The summed E-state index contributed by atoms with van der Waals surface area (Å²) in [5.41, 5.74) is 1.15. The van der Waals surface area contributed by atoms with E-state index in [0.717, 1.165) is 70.0 Å². The number of rotatable bonds is 7. The average Bonchev–Trinajstić information content (AvgIpc) is 3.22. The first-order chi connectivity index (χ1) is 12.5. The third-order valence-corrected chi connectivity index (χ3v) is 5.88. The van der Waals surface area contributed by atoms with Crippen LogP contribution in [0.3, 0.4) is 0 Å². The smallest absolute Gasteiger partial charge is 0.287 e. The maximum atomic E-state index is 12.7. The van der Waals surface area contributed by atoms with Gasteiger partial charge in [-0.15, -0.1) is 0 Å². The Balaban J connectivity index is 1.62. The molecule has 6 heteroatoms. The van der Waals surface area contributed by atoms with Gasteiger partial charge in [-0.05, 0) is 32.6 Å². The zero-order valence-corrected chi connectivity index (χ0v) is 16.8. The van der Waals surface area contributed by atoms with Gasteiger partial charge in [0.25, 0.3) is 5.91 Å². The molecule has 0 radical (unpaired) electrons. The monoisotopic (exact) mass is 362 g/mol. The van der Waals surface area contributed by atoms with E-state index in [1.54, 1.807) is 0 Å². The van der Waals surface area contributed by atoms with Gasteiger partial charge in [-0.25, -0.2) is 0 Å². The summed E-state index contributed by atoms with van der Waals surface area (Å²) in [6.07, 6.45) is 1.85. The van der Waals surface area contributed by atoms with E-state index < -0.39 is 0 Å². The molecule has 6 nitrogen and oxygen atoms in total. The Morgan fingerprint density at radius 2 is 2.04 bits per heavy atom. The summed E-state index contributed by atoms with van der Waals surface area (Å²) >= 11 is 0. The first-order valence-electron chi connectivity index (χ1n) is 10.1. The highest BCUT2D eigenvalue weighted by Gasteiger charge is 2.36. The number of fused-ring (bicyclic) bond motifs is 1. The van der Waals surface area contributed by atoms with Crippen LogP contribution in [-0.4, -0.2) is 79.0 Å². The van der Waals surface area contributed by atoms with Gasteiger partial charge in [0, 0.05) is 56.8 Å². The van der Waals surface area contributed by atoms with Crippen LogP contribution < -0.4 is 5.32 Å². The average molecular weight is 363 g/mol. The van der Waals surface area contributed by atoms with Gasteiger partial charge in [0.2, 0.25) is 0 Å². The van der Waals surface area contributed by atoms with E-state index in [9.17, 15) is 4.79 Å². The van der Waals surface area contributed by atoms with Crippen molar-refractivity contribution in [3.8, 4) is 0 Å². The summed E-state index contributed by atoms with van der Waals surface area (Å²) in [5.74, 6) is 1.34. The van der Waals surface area contributed by atoms with Gasteiger partial charge in [-0.3, -0.25) is 14.6 Å². The van der Waals surface area contributed by atoms with Gasteiger partial charge in [-0.2, -0.15) is 0 Å². The molecule has 1 amide bonds. The quantitative estimate of drug-likeness (QED) is 0.802. The molecule has 26 heavy (non-hydrogen) atoms. The highest BCUT2D eigenvalue weighted by molar-refractivity contribution is 5.92. The topological polar surface area (TPSA) is 52.0 Å². The predicted molar refractivity (Wildman–Crippen MR) is 103 cm³/mol. The lowest BCUT2D eigenvalue weighted by Crippen LogP contribution is -2.48. The zero-order chi connectivity index (χ0) is 18.7. The van der Waals surface area contributed by atoms with Crippen LogP contribution in [0.5, 0.6) is 0 Å². The summed E-state index contributed by atoms with van der Waals surface area (Å²) < 4.78 is 5.90. The molecule has 2 atom stereocenters. The van der Waals surface area contributed by atoms with Crippen molar-refractivity contribution in [3.63, 3.8) is 0 Å². The van der Waals surface area contributed by atoms with Crippen molar-refractivity contribution in [2.75, 3.05) is 46.3 Å². The van der Waals surface area contributed by atoms with E-state index in [4.69, 9.17) is 4.42 Å². The van der Waals surface area contributed by atoms with Gasteiger partial charge in [-0.1, -0.05) is 20.8 Å². The predicted octanol–water partition coefficient (Wildman–Crippen LogP) is 1.80. The molecule has 2 aliphatic rings. The van der Waals surface area contributed by atoms with Crippen molar-refractivity contribution < 1.29 is 9.21 Å². The summed E-state index contributed by atoms with van der Waals surface area (Å²) in [7, 11) is 2.18. The van der Waals surface area contributed by atoms with E-state index in [1.165, 1.54) is 0 Å². The number of aryl methyl sites for hydroxylation is 1. The van der Waals surface area contributed by atoms with E-state index in [1.807, 2.05) is 6.07 Å². The second-order valence-corrected chi connectivity index (χ2v) is 7.69. The first-order valence-corrected chi connectivity index (χ1v) is 10.1. The Bertz CT molecular complexity index is 611. The number of nitrogens with zero attached hydrogens (tertiary/aromatic N) is 3. The van der Waals surface area contributed by atoms with E-state index in [0.29, 0.717) is 11.8 Å².